The Morgan fingerprint density at radius 3 is 2.78 bits per heavy atom. The van der Waals surface area contributed by atoms with Crippen LogP contribution in [0.1, 0.15) is 15.9 Å². The lowest BCUT2D eigenvalue weighted by atomic mass is 10.1. The minimum absolute atomic E-state index is 0.718. The molecule has 0 fully saturated rings. The summed E-state index contributed by atoms with van der Waals surface area (Å²) in [6.07, 6.45) is 2.72. The van der Waals surface area contributed by atoms with Crippen molar-refractivity contribution in [2.75, 3.05) is 0 Å². The Bertz CT molecular complexity index is 728. The first-order valence-electron chi connectivity index (χ1n) is 5.78. The average Bonchev–Trinajstić information content (AvgIpc) is 2.82. The number of aryl methyl sites for hydroxylation is 1. The smallest absolute Gasteiger partial charge is 0.150 e. The van der Waals surface area contributed by atoms with E-state index in [0.717, 1.165) is 34.0 Å². The van der Waals surface area contributed by atoms with Gasteiger partial charge in [-0.3, -0.25) is 4.79 Å². The van der Waals surface area contributed by atoms with E-state index in [9.17, 15) is 4.79 Å². The maximum Gasteiger partial charge on any atom is 0.150 e. The highest BCUT2D eigenvalue weighted by Gasteiger charge is 2.05. The fourth-order valence-corrected chi connectivity index (χ4v) is 2.10. The number of carbonyl (C=O) groups is 1. The number of nitrogens with zero attached hydrogens (tertiary/aromatic N) is 2. The van der Waals surface area contributed by atoms with E-state index >= 15 is 0 Å². The van der Waals surface area contributed by atoms with Gasteiger partial charge in [0.2, 0.25) is 0 Å². The van der Waals surface area contributed by atoms with Crippen LogP contribution in [0.2, 0.25) is 0 Å². The lowest BCUT2D eigenvalue weighted by Gasteiger charge is -2.06. The van der Waals surface area contributed by atoms with Gasteiger partial charge in [0, 0.05) is 10.9 Å². The van der Waals surface area contributed by atoms with Gasteiger partial charge in [-0.2, -0.15) is 5.10 Å². The summed E-state index contributed by atoms with van der Waals surface area (Å²) in [5, 5.41) is 5.50. The highest BCUT2D eigenvalue weighted by Crippen LogP contribution is 2.19. The van der Waals surface area contributed by atoms with Crippen LogP contribution in [0.4, 0.5) is 0 Å². The van der Waals surface area contributed by atoms with Gasteiger partial charge >= 0.3 is 0 Å². The molecule has 0 saturated heterocycles. The molecule has 3 nitrogen and oxygen atoms in total. The standard InChI is InChI=1S/C15H12N2O/c1-11-8-14(7-6-13(11)10-18)17-15-5-3-2-4-12(15)9-16-17/h2-10H,1H3. The lowest BCUT2D eigenvalue weighted by molar-refractivity contribution is 0.112. The van der Waals surface area contributed by atoms with Crippen molar-refractivity contribution in [2.45, 2.75) is 6.92 Å². The van der Waals surface area contributed by atoms with E-state index in [2.05, 4.69) is 5.10 Å². The monoisotopic (exact) mass is 236 g/mol. The molecule has 2 aromatic carbocycles. The van der Waals surface area contributed by atoms with Crippen molar-refractivity contribution in [3.63, 3.8) is 0 Å². The molecule has 88 valence electrons. The second-order valence-corrected chi connectivity index (χ2v) is 4.27. The summed E-state index contributed by atoms with van der Waals surface area (Å²) in [4.78, 5) is 10.8. The minimum atomic E-state index is 0.718. The molecule has 3 heteroatoms. The zero-order valence-corrected chi connectivity index (χ0v) is 10.00. The summed E-state index contributed by atoms with van der Waals surface area (Å²) in [5.41, 5.74) is 3.72. The summed E-state index contributed by atoms with van der Waals surface area (Å²) in [6.45, 7) is 1.93. The van der Waals surface area contributed by atoms with Gasteiger partial charge in [0.15, 0.2) is 0 Å². The van der Waals surface area contributed by atoms with Gasteiger partial charge in [-0.05, 0) is 36.8 Å². The number of para-hydroxylation sites is 1. The summed E-state index contributed by atoms with van der Waals surface area (Å²) < 4.78 is 1.89. The topological polar surface area (TPSA) is 34.9 Å². The van der Waals surface area contributed by atoms with Crippen molar-refractivity contribution >= 4 is 17.2 Å². The molecular formula is C15H12N2O. The van der Waals surface area contributed by atoms with Gasteiger partial charge in [0.25, 0.3) is 0 Å². The summed E-state index contributed by atoms with van der Waals surface area (Å²) in [7, 11) is 0. The highest BCUT2D eigenvalue weighted by atomic mass is 16.1. The molecule has 3 aromatic rings. The molecule has 0 amide bonds. The Balaban J connectivity index is 2.20. The van der Waals surface area contributed by atoms with E-state index < -0.39 is 0 Å². The SMILES string of the molecule is Cc1cc(-n2ncc3ccccc32)ccc1C=O. The molecule has 0 N–H and O–H groups in total. The van der Waals surface area contributed by atoms with Gasteiger partial charge in [-0.1, -0.05) is 18.2 Å². The maximum atomic E-state index is 10.8. The first-order valence-corrected chi connectivity index (χ1v) is 5.78. The quantitative estimate of drug-likeness (QED) is 0.641. The van der Waals surface area contributed by atoms with Crippen molar-refractivity contribution in [3.05, 3.63) is 59.8 Å². The van der Waals surface area contributed by atoms with Crippen LogP contribution in [-0.4, -0.2) is 16.1 Å². The fraction of sp³-hybridized carbons (Fsp3) is 0.0667. The van der Waals surface area contributed by atoms with Gasteiger partial charge in [-0.15, -0.1) is 0 Å². The molecule has 0 aliphatic carbocycles. The van der Waals surface area contributed by atoms with Crippen LogP contribution >= 0.6 is 0 Å². The highest BCUT2D eigenvalue weighted by molar-refractivity contribution is 5.81. The Morgan fingerprint density at radius 2 is 2.00 bits per heavy atom. The van der Waals surface area contributed by atoms with E-state index in [1.165, 1.54) is 0 Å². The largest absolute Gasteiger partial charge is 0.298 e. The zero-order chi connectivity index (χ0) is 12.5. The Morgan fingerprint density at radius 1 is 1.17 bits per heavy atom. The molecule has 0 unspecified atom stereocenters. The molecular weight excluding hydrogens is 224 g/mol. The number of hydrogen-bond acceptors (Lipinski definition) is 2. The first-order chi connectivity index (χ1) is 8.79. The molecule has 0 aliphatic rings. The molecule has 0 spiro atoms. The zero-order valence-electron chi connectivity index (χ0n) is 10.00. The molecule has 1 heterocycles. The van der Waals surface area contributed by atoms with E-state index in [1.807, 2.05) is 60.3 Å². The van der Waals surface area contributed by atoms with Crippen molar-refractivity contribution in [3.8, 4) is 5.69 Å². The maximum absolute atomic E-state index is 10.8. The van der Waals surface area contributed by atoms with Gasteiger partial charge in [0.05, 0.1) is 17.4 Å². The van der Waals surface area contributed by atoms with E-state index in [-0.39, 0.29) is 0 Å². The van der Waals surface area contributed by atoms with Crippen molar-refractivity contribution in [1.82, 2.24) is 9.78 Å². The number of hydrogen-bond donors (Lipinski definition) is 0. The first kappa shape index (κ1) is 10.7. The molecule has 18 heavy (non-hydrogen) atoms. The Hall–Kier alpha value is -2.42. The molecule has 0 atom stereocenters. The van der Waals surface area contributed by atoms with Crippen LogP contribution in [0.25, 0.3) is 16.6 Å². The third-order valence-electron chi connectivity index (χ3n) is 3.10. The molecule has 1 aromatic heterocycles. The number of aldehydes is 1. The Labute approximate surface area is 105 Å². The number of rotatable bonds is 2. The van der Waals surface area contributed by atoms with Crippen LogP contribution < -0.4 is 0 Å². The molecule has 0 saturated carbocycles. The lowest BCUT2D eigenvalue weighted by Crippen LogP contribution is -1.97. The van der Waals surface area contributed by atoms with Crippen LogP contribution in [0, 0.1) is 6.92 Å². The number of fused-ring (bicyclic) bond motifs is 1. The molecule has 3 rings (SSSR count). The predicted octanol–water partition coefficient (Wildman–Crippen LogP) is 3.15. The summed E-state index contributed by atoms with van der Waals surface area (Å²) in [6, 6.07) is 13.8. The van der Waals surface area contributed by atoms with E-state index in [1.54, 1.807) is 0 Å². The number of carbonyl (C=O) groups excluding carboxylic acids is 1. The number of benzene rings is 2. The second kappa shape index (κ2) is 4.11. The Kier molecular flexibility index (Phi) is 2.45. The summed E-state index contributed by atoms with van der Waals surface area (Å²) in [5.74, 6) is 0. The van der Waals surface area contributed by atoms with Crippen molar-refractivity contribution in [2.24, 2.45) is 0 Å². The summed E-state index contributed by atoms with van der Waals surface area (Å²) >= 11 is 0. The normalized spacial score (nSPS) is 10.7. The third kappa shape index (κ3) is 1.61. The van der Waals surface area contributed by atoms with Crippen LogP contribution in [0.3, 0.4) is 0 Å². The minimum Gasteiger partial charge on any atom is -0.298 e. The van der Waals surface area contributed by atoms with E-state index in [4.69, 9.17) is 0 Å². The van der Waals surface area contributed by atoms with Crippen molar-refractivity contribution in [1.29, 1.82) is 0 Å². The second-order valence-electron chi connectivity index (χ2n) is 4.27. The van der Waals surface area contributed by atoms with Gasteiger partial charge in [-0.25, -0.2) is 4.68 Å². The fourth-order valence-electron chi connectivity index (χ4n) is 2.10. The van der Waals surface area contributed by atoms with Gasteiger partial charge in [0.1, 0.15) is 6.29 Å². The molecule has 0 radical (unpaired) electrons. The van der Waals surface area contributed by atoms with Crippen LogP contribution in [0.15, 0.2) is 48.7 Å². The molecule has 0 bridgehead atoms. The van der Waals surface area contributed by atoms with Crippen LogP contribution in [-0.2, 0) is 0 Å². The van der Waals surface area contributed by atoms with Gasteiger partial charge < -0.3 is 0 Å². The van der Waals surface area contributed by atoms with Crippen LogP contribution in [0.5, 0.6) is 0 Å². The number of aromatic nitrogens is 2. The van der Waals surface area contributed by atoms with Crippen molar-refractivity contribution < 1.29 is 4.79 Å². The average molecular weight is 236 g/mol. The van der Waals surface area contributed by atoms with E-state index in [0.29, 0.717) is 0 Å². The molecule has 0 aliphatic heterocycles. The third-order valence-corrected chi connectivity index (χ3v) is 3.10. The predicted molar refractivity (Wildman–Crippen MR) is 71.2 cm³/mol.